The molecule has 0 radical (unpaired) electrons. The molecule has 9 heteroatoms. The van der Waals surface area contributed by atoms with Crippen LogP contribution in [0.15, 0.2) is 30.7 Å². The standard InChI is InChI=1S/C25H39N7O2/c1-7-29(8-2)13-15-31(16-14-30(9-3)10-4)24-21(18-26-25-27-19-28-32(24)25)20-11-12-22(33-5)23(17-20)34-6/h11-12,17-19H,7-10,13-16H2,1-6H3. The van der Waals surface area contributed by atoms with E-state index in [1.807, 2.05) is 28.9 Å². The Morgan fingerprint density at radius 2 is 1.41 bits per heavy atom. The predicted molar refractivity (Wildman–Crippen MR) is 137 cm³/mol. The highest BCUT2D eigenvalue weighted by molar-refractivity contribution is 5.78. The van der Waals surface area contributed by atoms with Gasteiger partial charge in [0.1, 0.15) is 12.1 Å². The van der Waals surface area contributed by atoms with Crippen molar-refractivity contribution >= 4 is 11.6 Å². The van der Waals surface area contributed by atoms with Gasteiger partial charge in [-0.2, -0.15) is 14.6 Å². The molecular weight excluding hydrogens is 430 g/mol. The van der Waals surface area contributed by atoms with Crippen molar-refractivity contribution in [2.75, 3.05) is 71.5 Å². The first-order chi connectivity index (χ1) is 16.6. The number of aromatic nitrogens is 4. The summed E-state index contributed by atoms with van der Waals surface area (Å²) in [6.45, 7) is 16.6. The van der Waals surface area contributed by atoms with Crippen LogP contribution in [0.4, 0.5) is 5.82 Å². The number of nitrogens with zero attached hydrogens (tertiary/aromatic N) is 7. The lowest BCUT2D eigenvalue weighted by molar-refractivity contribution is 0.293. The lowest BCUT2D eigenvalue weighted by Gasteiger charge is -2.31. The van der Waals surface area contributed by atoms with Gasteiger partial charge in [0.2, 0.25) is 0 Å². The van der Waals surface area contributed by atoms with Gasteiger partial charge in [-0.3, -0.25) is 0 Å². The Morgan fingerprint density at radius 1 is 0.794 bits per heavy atom. The zero-order valence-corrected chi connectivity index (χ0v) is 21.5. The summed E-state index contributed by atoms with van der Waals surface area (Å²) in [5, 5.41) is 4.56. The molecule has 0 amide bonds. The average molecular weight is 470 g/mol. The maximum absolute atomic E-state index is 5.58. The maximum atomic E-state index is 5.58. The first-order valence-electron chi connectivity index (χ1n) is 12.2. The number of methoxy groups -OCH3 is 2. The second kappa shape index (κ2) is 12.5. The lowest BCUT2D eigenvalue weighted by Crippen LogP contribution is -2.41. The monoisotopic (exact) mass is 469 g/mol. The number of fused-ring (bicyclic) bond motifs is 1. The molecule has 9 nitrogen and oxygen atoms in total. The minimum atomic E-state index is 0.593. The molecule has 0 saturated carbocycles. The van der Waals surface area contributed by atoms with E-state index in [4.69, 9.17) is 9.47 Å². The van der Waals surface area contributed by atoms with Gasteiger partial charge in [-0.25, -0.2) is 4.98 Å². The Kier molecular flexibility index (Phi) is 9.47. The van der Waals surface area contributed by atoms with Crippen LogP contribution in [0, 0.1) is 0 Å². The predicted octanol–water partition coefficient (Wildman–Crippen LogP) is 3.30. The second-order valence-corrected chi connectivity index (χ2v) is 8.08. The van der Waals surface area contributed by atoms with Crippen molar-refractivity contribution in [1.29, 1.82) is 0 Å². The van der Waals surface area contributed by atoms with Crippen molar-refractivity contribution in [2.45, 2.75) is 27.7 Å². The van der Waals surface area contributed by atoms with Crippen LogP contribution < -0.4 is 14.4 Å². The Hall–Kier alpha value is -2.91. The third-order valence-corrected chi connectivity index (χ3v) is 6.44. The summed E-state index contributed by atoms with van der Waals surface area (Å²) >= 11 is 0. The first-order valence-corrected chi connectivity index (χ1v) is 12.2. The van der Waals surface area contributed by atoms with Gasteiger partial charge in [-0.1, -0.05) is 33.8 Å². The molecule has 186 valence electrons. The number of likely N-dealkylation sites (N-methyl/N-ethyl adjacent to an activating group) is 2. The van der Waals surface area contributed by atoms with E-state index in [2.05, 4.69) is 57.5 Å². The molecule has 1 aromatic carbocycles. The zero-order chi connectivity index (χ0) is 24.5. The lowest BCUT2D eigenvalue weighted by atomic mass is 10.1. The summed E-state index contributed by atoms with van der Waals surface area (Å²) in [4.78, 5) is 16.3. The molecule has 0 N–H and O–H groups in total. The van der Waals surface area contributed by atoms with E-state index in [1.54, 1.807) is 20.5 Å². The summed E-state index contributed by atoms with van der Waals surface area (Å²) in [7, 11) is 3.30. The molecule has 3 rings (SSSR count). The van der Waals surface area contributed by atoms with Gasteiger partial charge in [-0.15, -0.1) is 0 Å². The Morgan fingerprint density at radius 3 is 1.97 bits per heavy atom. The molecule has 0 spiro atoms. The van der Waals surface area contributed by atoms with E-state index in [1.165, 1.54) is 0 Å². The van der Waals surface area contributed by atoms with Gasteiger partial charge in [-0.05, 0) is 43.9 Å². The van der Waals surface area contributed by atoms with Crippen molar-refractivity contribution in [3.8, 4) is 22.6 Å². The van der Waals surface area contributed by atoms with Gasteiger partial charge in [0.15, 0.2) is 11.5 Å². The summed E-state index contributed by atoms with van der Waals surface area (Å²) in [5.41, 5.74) is 1.98. The van der Waals surface area contributed by atoms with Crippen LogP contribution in [0.25, 0.3) is 16.9 Å². The maximum Gasteiger partial charge on any atom is 0.254 e. The molecule has 0 saturated heterocycles. The smallest absolute Gasteiger partial charge is 0.254 e. The number of hydrogen-bond donors (Lipinski definition) is 0. The molecule has 0 bridgehead atoms. The highest BCUT2D eigenvalue weighted by atomic mass is 16.5. The summed E-state index contributed by atoms with van der Waals surface area (Å²) in [6.07, 6.45) is 3.46. The van der Waals surface area contributed by atoms with E-state index in [0.717, 1.165) is 69.3 Å². The van der Waals surface area contributed by atoms with Gasteiger partial charge in [0.25, 0.3) is 5.78 Å². The quantitative estimate of drug-likeness (QED) is 0.356. The molecule has 0 aliphatic heterocycles. The van der Waals surface area contributed by atoms with Gasteiger partial charge < -0.3 is 24.2 Å². The SMILES string of the molecule is CCN(CC)CCN(CCN(CC)CC)c1c(-c2ccc(OC)c(OC)c2)cnc2ncnn12. The van der Waals surface area contributed by atoms with Crippen LogP contribution in [0.1, 0.15) is 27.7 Å². The van der Waals surface area contributed by atoms with Crippen molar-refractivity contribution in [1.82, 2.24) is 29.4 Å². The Labute approximate surface area is 203 Å². The van der Waals surface area contributed by atoms with Crippen LogP contribution in [-0.2, 0) is 0 Å². The van der Waals surface area contributed by atoms with E-state index in [-0.39, 0.29) is 0 Å². The molecule has 0 atom stereocenters. The molecule has 2 heterocycles. The van der Waals surface area contributed by atoms with Crippen LogP contribution in [0.3, 0.4) is 0 Å². The van der Waals surface area contributed by atoms with Gasteiger partial charge in [0, 0.05) is 37.9 Å². The normalized spacial score (nSPS) is 11.5. The van der Waals surface area contributed by atoms with Crippen LogP contribution in [-0.4, -0.2) is 96.0 Å². The minimum Gasteiger partial charge on any atom is -0.493 e. The van der Waals surface area contributed by atoms with E-state index >= 15 is 0 Å². The number of rotatable bonds is 14. The molecule has 34 heavy (non-hydrogen) atoms. The van der Waals surface area contributed by atoms with Gasteiger partial charge >= 0.3 is 0 Å². The minimum absolute atomic E-state index is 0.593. The molecule has 2 aromatic heterocycles. The first kappa shape index (κ1) is 25.7. The highest BCUT2D eigenvalue weighted by Gasteiger charge is 2.21. The molecule has 3 aromatic rings. The summed E-state index contributed by atoms with van der Waals surface area (Å²) in [5.74, 6) is 2.97. The van der Waals surface area contributed by atoms with Crippen molar-refractivity contribution in [3.05, 3.63) is 30.7 Å². The third kappa shape index (κ3) is 5.77. The molecule has 0 aliphatic carbocycles. The second-order valence-electron chi connectivity index (χ2n) is 8.08. The molecule has 0 aliphatic rings. The molecule has 0 fully saturated rings. The van der Waals surface area contributed by atoms with Crippen LogP contribution in [0.2, 0.25) is 0 Å². The largest absolute Gasteiger partial charge is 0.493 e. The topological polar surface area (TPSA) is 71.3 Å². The summed E-state index contributed by atoms with van der Waals surface area (Å²) < 4.78 is 12.9. The molecular formula is C25H39N7O2. The number of benzene rings is 1. The fourth-order valence-electron chi connectivity index (χ4n) is 4.21. The van der Waals surface area contributed by atoms with Gasteiger partial charge in [0.05, 0.1) is 14.2 Å². The molecule has 0 unspecified atom stereocenters. The zero-order valence-electron chi connectivity index (χ0n) is 21.5. The number of anilines is 1. The van der Waals surface area contributed by atoms with Crippen LogP contribution >= 0.6 is 0 Å². The van der Waals surface area contributed by atoms with E-state index in [9.17, 15) is 0 Å². The van der Waals surface area contributed by atoms with E-state index in [0.29, 0.717) is 17.3 Å². The fraction of sp³-hybridized carbons (Fsp3) is 0.560. The highest BCUT2D eigenvalue weighted by Crippen LogP contribution is 2.36. The Balaban J connectivity index is 2.10. The Bertz CT molecular complexity index is 1020. The number of hydrogen-bond acceptors (Lipinski definition) is 8. The third-order valence-electron chi connectivity index (χ3n) is 6.44. The van der Waals surface area contributed by atoms with Crippen molar-refractivity contribution in [3.63, 3.8) is 0 Å². The van der Waals surface area contributed by atoms with Crippen molar-refractivity contribution in [2.24, 2.45) is 0 Å². The average Bonchev–Trinajstić information content (AvgIpc) is 3.36. The van der Waals surface area contributed by atoms with Crippen LogP contribution in [0.5, 0.6) is 11.5 Å². The summed E-state index contributed by atoms with van der Waals surface area (Å²) in [6, 6.07) is 5.96. The fourth-order valence-corrected chi connectivity index (χ4v) is 4.21. The van der Waals surface area contributed by atoms with E-state index < -0.39 is 0 Å². The number of ether oxygens (including phenoxy) is 2. The van der Waals surface area contributed by atoms with Crippen molar-refractivity contribution < 1.29 is 9.47 Å².